The maximum atomic E-state index is 14.4. The fourth-order valence-corrected chi connectivity index (χ4v) is 7.34. The van der Waals surface area contributed by atoms with Gasteiger partial charge in [-0.2, -0.15) is 0 Å². The van der Waals surface area contributed by atoms with Crippen LogP contribution >= 0.6 is 0 Å². The molecule has 0 aliphatic carbocycles. The van der Waals surface area contributed by atoms with Gasteiger partial charge in [-0.25, -0.2) is 4.79 Å². The van der Waals surface area contributed by atoms with Crippen LogP contribution in [0, 0.1) is 17.8 Å². The summed E-state index contributed by atoms with van der Waals surface area (Å²) < 4.78 is 0. The molecular formula is C44H70N8O13. The summed E-state index contributed by atoms with van der Waals surface area (Å²) in [6.07, 6.45) is -3.23. The van der Waals surface area contributed by atoms with Gasteiger partial charge in [0.1, 0.15) is 42.3 Å². The molecule has 0 radical (unpaired) electrons. The predicted octanol–water partition coefficient (Wildman–Crippen LogP) is -1.08. The summed E-state index contributed by atoms with van der Waals surface area (Å²) in [6, 6.07) is -2.47. The number of hydrogen-bond acceptors (Lipinski definition) is 12. The van der Waals surface area contributed by atoms with Gasteiger partial charge in [0.05, 0.1) is 24.7 Å². The highest BCUT2D eigenvalue weighted by atomic mass is 16.4. The molecule has 1 fully saturated rings. The minimum Gasteiger partial charge on any atom is -0.481 e. The summed E-state index contributed by atoms with van der Waals surface area (Å²) in [5, 5.41) is 54.7. The Balaban J connectivity index is 2.35. The molecule has 0 saturated carbocycles. The van der Waals surface area contributed by atoms with E-state index in [-0.39, 0.29) is 50.0 Å². The number of likely N-dealkylation sites (tertiary alicyclic amines) is 1. The van der Waals surface area contributed by atoms with Crippen LogP contribution in [0.4, 0.5) is 0 Å². The van der Waals surface area contributed by atoms with E-state index in [1.54, 1.807) is 44.2 Å². The van der Waals surface area contributed by atoms with Gasteiger partial charge < -0.3 is 63.0 Å². The molecule has 1 heterocycles. The number of aliphatic carboxylic acids is 2. The molecule has 21 nitrogen and oxygen atoms in total. The Kier molecular flexibility index (Phi) is 22.5. The number of amides is 7. The van der Waals surface area contributed by atoms with Crippen molar-refractivity contribution in [1.29, 1.82) is 0 Å². The second-order valence-corrected chi connectivity index (χ2v) is 18.0. The van der Waals surface area contributed by atoms with Crippen LogP contribution in [0.15, 0.2) is 30.3 Å². The topological polar surface area (TPSA) is 336 Å². The van der Waals surface area contributed by atoms with Crippen molar-refractivity contribution in [1.82, 2.24) is 36.8 Å². The highest BCUT2D eigenvalue weighted by molar-refractivity contribution is 5.99. The Labute approximate surface area is 379 Å². The van der Waals surface area contributed by atoms with Crippen LogP contribution in [0.5, 0.6) is 0 Å². The van der Waals surface area contributed by atoms with Crippen LogP contribution in [0.1, 0.15) is 99.5 Å². The molecule has 21 heteroatoms. The van der Waals surface area contributed by atoms with E-state index >= 15 is 0 Å². The number of carbonyl (C=O) groups is 9. The molecule has 364 valence electrons. The van der Waals surface area contributed by atoms with Gasteiger partial charge in [0.2, 0.25) is 41.4 Å². The lowest BCUT2D eigenvalue weighted by atomic mass is 9.99. The maximum absolute atomic E-state index is 14.4. The second-order valence-electron chi connectivity index (χ2n) is 18.0. The number of rotatable bonds is 26. The second kappa shape index (κ2) is 26.3. The van der Waals surface area contributed by atoms with E-state index in [1.165, 1.54) is 4.90 Å². The molecule has 0 unspecified atom stereocenters. The fraction of sp³-hybridized carbons (Fsp3) is 0.659. The maximum Gasteiger partial charge on any atom is 0.326 e. The Morgan fingerprint density at radius 1 is 0.615 bits per heavy atom. The van der Waals surface area contributed by atoms with Crippen molar-refractivity contribution in [3.05, 3.63) is 35.9 Å². The largest absolute Gasteiger partial charge is 0.481 e. The summed E-state index contributed by atoms with van der Waals surface area (Å²) in [5.74, 6) is -9.30. The Bertz CT molecular complexity index is 1810. The van der Waals surface area contributed by atoms with Gasteiger partial charge in [0.25, 0.3) is 0 Å². The van der Waals surface area contributed by atoms with Gasteiger partial charge in [0.15, 0.2) is 0 Å². The lowest BCUT2D eigenvalue weighted by molar-refractivity contribution is -0.145. The highest BCUT2D eigenvalue weighted by Gasteiger charge is 2.41. The minimum atomic E-state index is -1.93. The smallest absolute Gasteiger partial charge is 0.326 e. The van der Waals surface area contributed by atoms with Crippen molar-refractivity contribution in [2.24, 2.45) is 23.5 Å². The molecule has 12 N–H and O–H groups in total. The van der Waals surface area contributed by atoms with Gasteiger partial charge in [-0.05, 0) is 69.3 Å². The highest BCUT2D eigenvalue weighted by Crippen LogP contribution is 2.21. The van der Waals surface area contributed by atoms with Crippen molar-refractivity contribution in [2.45, 2.75) is 161 Å². The van der Waals surface area contributed by atoms with E-state index in [4.69, 9.17) is 5.73 Å². The lowest BCUT2D eigenvalue weighted by Crippen LogP contribution is -2.62. The number of nitrogens with zero attached hydrogens (tertiary/aromatic N) is 1. The molecule has 0 aromatic heterocycles. The molecule has 1 aromatic carbocycles. The zero-order chi connectivity index (χ0) is 49.3. The number of aliphatic hydroxyl groups is 2. The number of benzene rings is 1. The number of aliphatic hydroxyl groups excluding tert-OH is 2. The molecule has 1 saturated heterocycles. The number of nitrogens with two attached hydrogens (primary N) is 1. The molecule has 1 aliphatic heterocycles. The molecule has 0 bridgehead atoms. The minimum absolute atomic E-state index is 0.00680. The summed E-state index contributed by atoms with van der Waals surface area (Å²) in [4.78, 5) is 120. The van der Waals surface area contributed by atoms with E-state index < -0.39 is 120 Å². The first kappa shape index (κ1) is 55.5. The Morgan fingerprint density at radius 3 is 1.60 bits per heavy atom. The zero-order valence-corrected chi connectivity index (χ0v) is 38.5. The molecule has 7 amide bonds. The van der Waals surface area contributed by atoms with Crippen molar-refractivity contribution < 1.29 is 63.6 Å². The van der Waals surface area contributed by atoms with Gasteiger partial charge >= 0.3 is 11.9 Å². The van der Waals surface area contributed by atoms with Gasteiger partial charge in [0, 0.05) is 13.0 Å². The third kappa shape index (κ3) is 18.4. The summed E-state index contributed by atoms with van der Waals surface area (Å²) in [7, 11) is 0. The van der Waals surface area contributed by atoms with Crippen LogP contribution in [-0.4, -0.2) is 146 Å². The monoisotopic (exact) mass is 919 g/mol. The average Bonchev–Trinajstić information content (AvgIpc) is 3.70. The van der Waals surface area contributed by atoms with Gasteiger partial charge in [-0.15, -0.1) is 0 Å². The first-order chi connectivity index (χ1) is 30.3. The van der Waals surface area contributed by atoms with Gasteiger partial charge in [-0.1, -0.05) is 71.9 Å². The van der Waals surface area contributed by atoms with Crippen molar-refractivity contribution in [2.75, 3.05) is 6.54 Å². The Morgan fingerprint density at radius 2 is 1.09 bits per heavy atom. The molecule has 0 spiro atoms. The third-order valence-corrected chi connectivity index (χ3v) is 10.6. The van der Waals surface area contributed by atoms with Crippen LogP contribution in [0.25, 0.3) is 0 Å². The first-order valence-electron chi connectivity index (χ1n) is 22.1. The molecule has 1 aliphatic rings. The van der Waals surface area contributed by atoms with Crippen LogP contribution in [-0.2, 0) is 49.6 Å². The third-order valence-electron chi connectivity index (χ3n) is 10.6. The first-order valence-corrected chi connectivity index (χ1v) is 22.1. The summed E-state index contributed by atoms with van der Waals surface area (Å²) in [6.45, 7) is 13.3. The number of carboxylic acid groups (broad SMARTS) is 2. The Hall–Kier alpha value is -5.67. The van der Waals surface area contributed by atoms with Gasteiger partial charge in [-0.3, -0.25) is 38.4 Å². The molecule has 2 rings (SSSR count). The molecule has 1 aromatic rings. The van der Waals surface area contributed by atoms with E-state index in [0.29, 0.717) is 18.4 Å². The summed E-state index contributed by atoms with van der Waals surface area (Å²) in [5.41, 5.74) is 6.79. The van der Waals surface area contributed by atoms with Crippen molar-refractivity contribution >= 4 is 53.3 Å². The molecular weight excluding hydrogens is 849 g/mol. The van der Waals surface area contributed by atoms with E-state index in [0.717, 1.165) is 13.8 Å². The van der Waals surface area contributed by atoms with Crippen LogP contribution in [0.2, 0.25) is 0 Å². The number of nitrogens with one attached hydrogen (secondary N) is 6. The average molecular weight is 919 g/mol. The van der Waals surface area contributed by atoms with Crippen LogP contribution in [0.3, 0.4) is 0 Å². The van der Waals surface area contributed by atoms with Crippen molar-refractivity contribution in [3.63, 3.8) is 0 Å². The number of carbonyl (C=O) groups excluding carboxylic acids is 7. The SMILES string of the molecule is CC(C)C[C@H](NC(=O)[C@@H](NC(=O)[C@H](CC(=O)O)NC(=O)[C@@H](NC(=O)[C@@H]1CCCN1C(=O)[C@H](Cc1ccccc1)NC(=O)[C@H](CC(C)C)NC(=O)[C@@H](N)CC(C)C)[C@@H](C)O)[C@@H](C)O)C(=O)O. The van der Waals surface area contributed by atoms with E-state index in [2.05, 4.69) is 31.9 Å². The number of carboxylic acids is 2. The van der Waals surface area contributed by atoms with Crippen molar-refractivity contribution in [3.8, 4) is 0 Å². The molecule has 10 atom stereocenters. The zero-order valence-electron chi connectivity index (χ0n) is 38.5. The van der Waals surface area contributed by atoms with E-state index in [1.807, 2.05) is 27.7 Å². The number of hydrogen-bond donors (Lipinski definition) is 11. The predicted molar refractivity (Wildman–Crippen MR) is 236 cm³/mol. The normalized spacial score (nSPS) is 17.9. The quantitative estimate of drug-likeness (QED) is 0.0527. The lowest BCUT2D eigenvalue weighted by Gasteiger charge is -2.31. The summed E-state index contributed by atoms with van der Waals surface area (Å²) >= 11 is 0. The fourth-order valence-electron chi connectivity index (χ4n) is 7.34. The van der Waals surface area contributed by atoms with Crippen LogP contribution < -0.4 is 37.6 Å². The standard InChI is InChI=1S/C44H70N8O13/c1-22(2)17-28(45)37(57)46-29(18-23(3)4)38(58)48-31(20-27-13-10-9-11-14-27)43(63)52-16-12-15-33(52)40(60)51-36(26(8)54)41(61)47-30(21-34(55)56)39(59)50-35(25(7)53)42(62)49-32(44(64)65)19-24(5)6/h9-11,13-14,22-26,28-33,35-36,53-54H,12,15-21,45H2,1-8H3,(H,46,57)(H,47,61)(H,48,58)(H,49,62)(H,50,59)(H,51,60)(H,55,56)(H,64,65)/t25-,26-,28+,29+,30+,31+,32+,33+,35+,36+/m1/s1. The van der Waals surface area contributed by atoms with E-state index in [9.17, 15) is 63.6 Å². The molecule has 65 heavy (non-hydrogen) atoms.